The normalized spacial score (nSPS) is 13.1. The monoisotopic (exact) mass is 514 g/mol. The van der Waals surface area contributed by atoms with Crippen LogP contribution >= 0.6 is 46.7 Å². The molecule has 0 fully saturated rings. The summed E-state index contributed by atoms with van der Waals surface area (Å²) >= 11 is 2.89. The van der Waals surface area contributed by atoms with E-state index >= 15 is 0 Å². The number of rotatable bonds is 8. The van der Waals surface area contributed by atoms with Gasteiger partial charge in [-0.3, -0.25) is 4.99 Å². The molecule has 0 saturated heterocycles. The molecule has 0 aliphatic heterocycles. The molecule has 0 aliphatic rings. The number of nitrogens with zero attached hydrogens (tertiary/aromatic N) is 1. The summed E-state index contributed by atoms with van der Waals surface area (Å²) in [4.78, 5) is 4.15. The molecule has 0 amide bonds. The van der Waals surface area contributed by atoms with Gasteiger partial charge in [0.25, 0.3) is 0 Å². The molecule has 3 N–H and O–H groups in total. The molecule has 0 aliphatic carbocycles. The van der Waals surface area contributed by atoms with Crippen molar-refractivity contribution in [2.24, 2.45) is 4.99 Å². The lowest BCUT2D eigenvalue weighted by molar-refractivity contribution is 0.582. The second-order valence-electron chi connectivity index (χ2n) is 5.17. The van der Waals surface area contributed by atoms with Crippen LogP contribution in [0.2, 0.25) is 0 Å². The lowest BCUT2D eigenvalue weighted by Crippen LogP contribution is -2.42. The summed E-state index contributed by atoms with van der Waals surface area (Å²) in [5.74, 6) is 1.04. The molecular weight excluding hydrogens is 491 g/mol. The molecule has 0 radical (unpaired) electrons. The van der Waals surface area contributed by atoms with Gasteiger partial charge in [0.05, 0.1) is 0 Å². The Bertz CT molecular complexity index is 731. The van der Waals surface area contributed by atoms with E-state index in [4.69, 9.17) is 0 Å². The molecule has 2 aromatic rings. The summed E-state index contributed by atoms with van der Waals surface area (Å²) in [6.07, 6.45) is 0. The van der Waals surface area contributed by atoms with Gasteiger partial charge in [-0.15, -0.1) is 35.3 Å². The van der Waals surface area contributed by atoms with Crippen molar-refractivity contribution < 1.29 is 8.42 Å². The minimum Gasteiger partial charge on any atom is -0.356 e. The fraction of sp³-hybridized carbons (Fsp3) is 0.400. The number of nitrogens with one attached hydrogen (secondary N) is 3. The van der Waals surface area contributed by atoms with Crippen LogP contribution in [0.5, 0.6) is 0 Å². The maximum atomic E-state index is 12.0. The number of aliphatic imine (C=N–C) groups is 1. The maximum Gasteiger partial charge on any atom is 0.250 e. The van der Waals surface area contributed by atoms with E-state index in [2.05, 4.69) is 44.1 Å². The van der Waals surface area contributed by atoms with Crippen LogP contribution < -0.4 is 15.4 Å². The van der Waals surface area contributed by atoms with E-state index in [9.17, 15) is 8.42 Å². The largest absolute Gasteiger partial charge is 0.356 e. The Kier molecular flexibility index (Phi) is 9.94. The molecule has 0 saturated carbocycles. The molecular formula is C15H23IN4O2S3. The van der Waals surface area contributed by atoms with Gasteiger partial charge < -0.3 is 10.6 Å². The number of hydrogen-bond acceptors (Lipinski definition) is 5. The minimum absolute atomic E-state index is 0. The highest BCUT2D eigenvalue weighted by molar-refractivity contribution is 14.0. The molecule has 1 unspecified atom stereocenters. The average Bonchev–Trinajstić information content (AvgIpc) is 3.27. The summed E-state index contributed by atoms with van der Waals surface area (Å²) in [6, 6.07) is 5.43. The standard InChI is InChI=1S/C15H22N4O2S3.HI/c1-12(13-5-9-22-11-13)10-18-15(16-2)17-6-7-19-24(20,21)14-4-3-8-23-14;/h3-5,8-9,11-12,19H,6-7,10H2,1-2H3,(H2,16,17,18);1H. The summed E-state index contributed by atoms with van der Waals surface area (Å²) in [5.41, 5.74) is 1.30. The lowest BCUT2D eigenvalue weighted by Gasteiger charge is -2.15. The van der Waals surface area contributed by atoms with Gasteiger partial charge in [0, 0.05) is 26.7 Å². The molecule has 2 aromatic heterocycles. The Morgan fingerprint density at radius 1 is 1.24 bits per heavy atom. The third kappa shape index (κ3) is 7.21. The van der Waals surface area contributed by atoms with Crippen LogP contribution in [0.25, 0.3) is 0 Å². The van der Waals surface area contributed by atoms with E-state index < -0.39 is 10.0 Å². The number of thiophene rings is 2. The molecule has 0 aromatic carbocycles. The van der Waals surface area contributed by atoms with Crippen LogP contribution in [0.15, 0.2) is 43.5 Å². The average molecular weight is 514 g/mol. The second kappa shape index (κ2) is 11.1. The quantitative estimate of drug-likeness (QED) is 0.219. The van der Waals surface area contributed by atoms with Gasteiger partial charge in [-0.25, -0.2) is 13.1 Å². The van der Waals surface area contributed by atoms with Crippen LogP contribution in [0.4, 0.5) is 0 Å². The van der Waals surface area contributed by atoms with Gasteiger partial charge in [-0.1, -0.05) is 13.0 Å². The van der Waals surface area contributed by atoms with E-state index in [0.29, 0.717) is 29.2 Å². The van der Waals surface area contributed by atoms with Crippen molar-refractivity contribution in [1.29, 1.82) is 0 Å². The Balaban J connectivity index is 0.00000312. The molecule has 6 nitrogen and oxygen atoms in total. The third-order valence-corrected chi connectivity index (χ3v) is 6.94. The smallest absolute Gasteiger partial charge is 0.250 e. The van der Waals surface area contributed by atoms with Crippen molar-refractivity contribution in [3.63, 3.8) is 0 Å². The fourth-order valence-corrected chi connectivity index (χ4v) is 4.85. The molecule has 25 heavy (non-hydrogen) atoms. The SMILES string of the molecule is CN=C(NCCNS(=O)(=O)c1cccs1)NCC(C)c1ccsc1.I. The number of hydrogen-bond donors (Lipinski definition) is 3. The molecule has 0 bridgehead atoms. The summed E-state index contributed by atoms with van der Waals surface area (Å²) < 4.78 is 26.9. The van der Waals surface area contributed by atoms with Gasteiger partial charge in [0.15, 0.2) is 5.96 Å². The second-order valence-corrected chi connectivity index (χ2v) is 8.89. The van der Waals surface area contributed by atoms with Crippen molar-refractivity contribution in [2.45, 2.75) is 17.1 Å². The van der Waals surface area contributed by atoms with Crippen molar-refractivity contribution in [3.8, 4) is 0 Å². The molecule has 1 atom stereocenters. The van der Waals surface area contributed by atoms with E-state index in [0.717, 1.165) is 6.54 Å². The molecule has 10 heteroatoms. The zero-order valence-corrected chi connectivity index (χ0v) is 18.8. The van der Waals surface area contributed by atoms with Gasteiger partial charge in [0.1, 0.15) is 4.21 Å². The van der Waals surface area contributed by atoms with Crippen molar-refractivity contribution in [1.82, 2.24) is 15.4 Å². The zero-order valence-electron chi connectivity index (χ0n) is 14.1. The number of halogens is 1. The Morgan fingerprint density at radius 3 is 2.64 bits per heavy atom. The van der Waals surface area contributed by atoms with Crippen LogP contribution in [0, 0.1) is 0 Å². The summed E-state index contributed by atoms with van der Waals surface area (Å²) in [7, 11) is -1.71. The first-order chi connectivity index (χ1) is 11.5. The fourth-order valence-electron chi connectivity index (χ4n) is 2.00. The van der Waals surface area contributed by atoms with Gasteiger partial charge in [-0.05, 0) is 39.8 Å². The molecule has 2 rings (SSSR count). The van der Waals surface area contributed by atoms with Crippen molar-refractivity contribution >= 4 is 62.6 Å². The zero-order chi connectivity index (χ0) is 17.4. The minimum atomic E-state index is -3.41. The van der Waals surface area contributed by atoms with Crippen LogP contribution in [0.3, 0.4) is 0 Å². The first kappa shape index (κ1) is 22.4. The number of sulfonamides is 1. The maximum absolute atomic E-state index is 12.0. The Morgan fingerprint density at radius 2 is 2.04 bits per heavy atom. The van der Waals surface area contributed by atoms with Crippen LogP contribution in [-0.4, -0.2) is 41.1 Å². The van der Waals surface area contributed by atoms with Crippen molar-refractivity contribution in [2.75, 3.05) is 26.7 Å². The Labute approximate surface area is 174 Å². The highest BCUT2D eigenvalue weighted by atomic mass is 127. The molecule has 0 spiro atoms. The third-order valence-electron chi connectivity index (χ3n) is 3.38. The van der Waals surface area contributed by atoms with Crippen molar-refractivity contribution in [3.05, 3.63) is 39.9 Å². The lowest BCUT2D eigenvalue weighted by atomic mass is 10.1. The van der Waals surface area contributed by atoms with E-state index in [1.165, 1.54) is 16.9 Å². The van der Waals surface area contributed by atoms with E-state index in [1.54, 1.807) is 35.9 Å². The summed E-state index contributed by atoms with van der Waals surface area (Å²) in [6.45, 7) is 3.66. The topological polar surface area (TPSA) is 82.6 Å². The predicted octanol–water partition coefficient (Wildman–Crippen LogP) is 2.67. The van der Waals surface area contributed by atoms with Crippen LogP contribution in [0.1, 0.15) is 18.4 Å². The first-order valence-electron chi connectivity index (χ1n) is 7.52. The highest BCUT2D eigenvalue weighted by Gasteiger charge is 2.14. The first-order valence-corrected chi connectivity index (χ1v) is 10.8. The van der Waals surface area contributed by atoms with Crippen LogP contribution in [-0.2, 0) is 10.0 Å². The number of guanidine groups is 1. The summed E-state index contributed by atoms with van der Waals surface area (Å²) in [5, 5.41) is 12.3. The Hall–Kier alpha value is -0.690. The molecule has 2 heterocycles. The highest BCUT2D eigenvalue weighted by Crippen LogP contribution is 2.17. The van der Waals surface area contributed by atoms with E-state index in [1.807, 2.05) is 0 Å². The molecule has 140 valence electrons. The van der Waals surface area contributed by atoms with Gasteiger partial charge >= 0.3 is 0 Å². The van der Waals surface area contributed by atoms with Gasteiger partial charge in [0.2, 0.25) is 10.0 Å². The predicted molar refractivity (Wildman–Crippen MR) is 117 cm³/mol. The van der Waals surface area contributed by atoms with E-state index in [-0.39, 0.29) is 24.0 Å². The van der Waals surface area contributed by atoms with Gasteiger partial charge in [-0.2, -0.15) is 11.3 Å².